The molecule has 0 spiro atoms. The molecule has 6 heterocycles. The summed E-state index contributed by atoms with van der Waals surface area (Å²) in [5.41, 5.74) is 4.68. The molecule has 0 aromatic rings. The SMILES string of the molecule is NC12CNCCCNCC(NC(=O)CCCC(=O)O)(CNCCCNC1)CNCCCNC2.O=C(O)CCCC(=O)NC12CNCCNCC(NC(=O)CCCC(=O)O)(CNCCNC1)CNCCNC2. The van der Waals surface area contributed by atoms with Crippen molar-refractivity contribution in [2.45, 2.75) is 99.2 Å². The monoisotopic (exact) mass is 1010 g/mol. The lowest BCUT2D eigenvalue weighted by Gasteiger charge is -2.39. The Kier molecular flexibility index (Phi) is 30.8. The number of carbonyl (C=O) groups excluding carboxylic acids is 3. The summed E-state index contributed by atoms with van der Waals surface area (Å²) in [5, 5.41) is 77.9. The van der Waals surface area contributed by atoms with Crippen LogP contribution in [-0.2, 0) is 28.8 Å². The Morgan fingerprint density at radius 2 is 0.521 bits per heavy atom. The van der Waals surface area contributed by atoms with Gasteiger partial charge in [-0.1, -0.05) is 0 Å². The van der Waals surface area contributed by atoms with Crippen LogP contribution in [0.5, 0.6) is 0 Å². The van der Waals surface area contributed by atoms with Gasteiger partial charge in [0, 0.05) is 156 Å². The molecule has 0 radical (unpaired) electrons. The average molecular weight is 1010 g/mol. The predicted octanol–water partition coefficient (Wildman–Crippen LogP) is -5.70. The minimum absolute atomic E-state index is 0.00621. The number of carboxylic acid groups (broad SMARTS) is 3. The fraction of sp³-hybridized carbons (Fsp3) is 0.870. The van der Waals surface area contributed by atoms with Gasteiger partial charge in [0.05, 0.1) is 22.2 Å². The van der Waals surface area contributed by atoms with Gasteiger partial charge in [0.1, 0.15) is 0 Å². The van der Waals surface area contributed by atoms with Crippen molar-refractivity contribution in [2.24, 2.45) is 5.73 Å². The van der Waals surface area contributed by atoms with Crippen LogP contribution < -0.4 is 85.5 Å². The largest absolute Gasteiger partial charge is 0.481 e. The Labute approximate surface area is 420 Å². The second kappa shape index (κ2) is 35.5. The van der Waals surface area contributed by atoms with Crippen LogP contribution in [0.25, 0.3) is 0 Å². The van der Waals surface area contributed by atoms with Crippen molar-refractivity contribution >= 4 is 35.6 Å². The average Bonchev–Trinajstić information content (AvgIpc) is 3.30. The summed E-state index contributed by atoms with van der Waals surface area (Å²) in [6, 6.07) is 0. The smallest absolute Gasteiger partial charge is 0.303 e. The summed E-state index contributed by atoms with van der Waals surface area (Å²) in [4.78, 5) is 70.6. The number of nitrogens with one attached hydrogen (secondary N) is 15. The van der Waals surface area contributed by atoms with Crippen molar-refractivity contribution in [3.05, 3.63) is 0 Å². The zero-order valence-corrected chi connectivity index (χ0v) is 42.3. The minimum Gasteiger partial charge on any atom is -0.481 e. The molecular weight excluding hydrogens is 921 g/mol. The van der Waals surface area contributed by atoms with Crippen LogP contribution in [0, 0.1) is 0 Å². The Hall–Kier alpha value is -3.70. The van der Waals surface area contributed by atoms with E-state index < -0.39 is 34.5 Å². The third kappa shape index (κ3) is 28.4. The number of carboxylic acids is 3. The van der Waals surface area contributed by atoms with Crippen molar-refractivity contribution in [3.63, 3.8) is 0 Å². The summed E-state index contributed by atoms with van der Waals surface area (Å²) < 4.78 is 0. The molecule has 0 atom stereocenters. The van der Waals surface area contributed by atoms with Crippen LogP contribution in [0.3, 0.4) is 0 Å². The van der Waals surface area contributed by atoms with Crippen molar-refractivity contribution < 1.29 is 44.1 Å². The van der Waals surface area contributed by atoms with Crippen molar-refractivity contribution in [3.8, 4) is 0 Å². The van der Waals surface area contributed by atoms with E-state index in [1.165, 1.54) is 0 Å². The fourth-order valence-electron chi connectivity index (χ4n) is 8.93. The van der Waals surface area contributed by atoms with Crippen LogP contribution in [-0.4, -0.2) is 230 Å². The Bertz CT molecular complexity index is 1410. The molecule has 6 rings (SSSR count). The van der Waals surface area contributed by atoms with E-state index >= 15 is 0 Å². The van der Waals surface area contributed by atoms with Crippen molar-refractivity contribution in [2.75, 3.05) is 157 Å². The maximum absolute atomic E-state index is 12.7. The van der Waals surface area contributed by atoms with Crippen LogP contribution in [0.1, 0.15) is 77.0 Å². The van der Waals surface area contributed by atoms with E-state index in [0.717, 1.165) is 78.2 Å². The van der Waals surface area contributed by atoms with Gasteiger partial charge in [0.25, 0.3) is 0 Å². The second-order valence-electron chi connectivity index (χ2n) is 19.8. The molecule has 410 valence electrons. The topological polar surface area (TPSA) is 370 Å². The first-order valence-electron chi connectivity index (χ1n) is 26.0. The summed E-state index contributed by atoms with van der Waals surface area (Å²) in [6.45, 7) is 16.2. The van der Waals surface area contributed by atoms with Gasteiger partial charge in [-0.3, -0.25) is 28.8 Å². The van der Waals surface area contributed by atoms with Gasteiger partial charge in [-0.2, -0.15) is 0 Å². The van der Waals surface area contributed by atoms with E-state index in [1.54, 1.807) is 0 Å². The number of amides is 3. The number of carbonyl (C=O) groups is 6. The van der Waals surface area contributed by atoms with E-state index in [1.807, 2.05) is 0 Å². The first kappa shape index (κ1) is 61.6. The Morgan fingerprint density at radius 1 is 0.324 bits per heavy atom. The predicted molar refractivity (Wildman–Crippen MR) is 272 cm³/mol. The molecule has 0 aromatic carbocycles. The Morgan fingerprint density at radius 3 is 0.732 bits per heavy atom. The molecule has 0 unspecified atom stereocenters. The maximum atomic E-state index is 12.7. The molecule has 0 aromatic heterocycles. The van der Waals surface area contributed by atoms with Crippen LogP contribution in [0.4, 0.5) is 0 Å². The highest BCUT2D eigenvalue weighted by Crippen LogP contribution is 2.09. The van der Waals surface area contributed by atoms with E-state index in [-0.39, 0.29) is 61.8 Å². The zero-order chi connectivity index (χ0) is 51.5. The van der Waals surface area contributed by atoms with Gasteiger partial charge in [-0.15, -0.1) is 0 Å². The zero-order valence-electron chi connectivity index (χ0n) is 42.3. The lowest BCUT2D eigenvalue weighted by Crippen LogP contribution is -2.68. The normalized spacial score (nSPS) is 27.7. The molecule has 71 heavy (non-hydrogen) atoms. The highest BCUT2D eigenvalue weighted by atomic mass is 16.4. The van der Waals surface area contributed by atoms with Crippen LogP contribution in [0.2, 0.25) is 0 Å². The number of rotatable bonds is 15. The molecule has 25 heteroatoms. The number of fused-ring (bicyclic) bond motifs is 33. The third-order valence-electron chi connectivity index (χ3n) is 12.8. The molecule has 6 fully saturated rings. The van der Waals surface area contributed by atoms with E-state index in [0.29, 0.717) is 117 Å². The lowest BCUT2D eigenvalue weighted by atomic mass is 9.96. The molecule has 6 aliphatic rings. The molecule has 0 aliphatic carbocycles. The van der Waals surface area contributed by atoms with E-state index in [2.05, 4.69) is 79.8 Å². The first-order valence-corrected chi connectivity index (χ1v) is 26.0. The molecule has 3 amide bonds. The van der Waals surface area contributed by atoms with E-state index in [4.69, 9.17) is 21.1 Å². The molecular formula is C46H92N16O9. The van der Waals surface area contributed by atoms with Gasteiger partial charge in [0.15, 0.2) is 0 Å². The van der Waals surface area contributed by atoms with Gasteiger partial charge in [0.2, 0.25) is 17.7 Å². The highest BCUT2D eigenvalue weighted by molar-refractivity contribution is 5.79. The fourth-order valence-corrected chi connectivity index (χ4v) is 8.93. The third-order valence-corrected chi connectivity index (χ3v) is 12.8. The number of hydrogen-bond donors (Lipinski definition) is 19. The van der Waals surface area contributed by atoms with E-state index in [9.17, 15) is 28.8 Å². The van der Waals surface area contributed by atoms with Gasteiger partial charge in [-0.25, -0.2) is 0 Å². The number of hydrogen-bond acceptors (Lipinski definition) is 19. The molecule has 6 aliphatic heterocycles. The maximum Gasteiger partial charge on any atom is 0.303 e. The molecule has 6 saturated heterocycles. The number of aliphatic carboxylic acids is 3. The lowest BCUT2D eigenvalue weighted by molar-refractivity contribution is -0.138. The quantitative estimate of drug-likeness (QED) is 0.0727. The standard InChI is InChI=1S/C24H46N8O6.C22H46N8O3/c33-19(3-1-5-21(35)36)31-23-13-25-7-10-28-16-24(17-29-11-8-26-14-23,18-30-12-9-27-15-23)32-20(34)4-2-6-22(37)38;23-21-13-24-7-2-10-27-16-22(17-28-11-3-8-25-14-21,18-29-12-4-9-26-15-21)30-19(31)5-1-6-20(32)33/h25-30H,1-18H2,(H,31,33)(H,32,34)(H,35,36)(H,37,38);24-29H,1-18,23H2,(H,30,31)(H,32,33). The van der Waals surface area contributed by atoms with Crippen LogP contribution in [0.15, 0.2) is 0 Å². The van der Waals surface area contributed by atoms with Gasteiger partial charge < -0.3 is 101 Å². The summed E-state index contributed by atoms with van der Waals surface area (Å²) >= 11 is 0. The number of nitrogens with two attached hydrogens (primary N) is 1. The van der Waals surface area contributed by atoms with Gasteiger partial charge in [-0.05, 0) is 77.8 Å². The second-order valence-corrected chi connectivity index (χ2v) is 19.8. The van der Waals surface area contributed by atoms with Crippen molar-refractivity contribution in [1.82, 2.24) is 79.8 Å². The molecule has 4 bridgehead atoms. The summed E-state index contributed by atoms with van der Waals surface area (Å²) in [6.07, 6.45) is 4.26. The summed E-state index contributed by atoms with van der Waals surface area (Å²) in [5.74, 6) is -3.13. The molecule has 20 N–H and O–H groups in total. The molecule has 25 nitrogen and oxygen atoms in total. The van der Waals surface area contributed by atoms with Gasteiger partial charge >= 0.3 is 17.9 Å². The minimum atomic E-state index is -0.911. The Balaban J connectivity index is 0.000000379. The highest BCUT2D eigenvalue weighted by Gasteiger charge is 2.35. The van der Waals surface area contributed by atoms with Crippen molar-refractivity contribution in [1.29, 1.82) is 0 Å². The summed E-state index contributed by atoms with van der Waals surface area (Å²) in [7, 11) is 0. The van der Waals surface area contributed by atoms with Crippen LogP contribution >= 0.6 is 0 Å². The molecule has 0 saturated carbocycles. The first-order chi connectivity index (χ1) is 34.2.